The summed E-state index contributed by atoms with van der Waals surface area (Å²) in [4.78, 5) is 15.4. The van der Waals surface area contributed by atoms with Gasteiger partial charge in [0.1, 0.15) is 18.1 Å². The lowest BCUT2D eigenvalue weighted by Gasteiger charge is -2.09. The van der Waals surface area contributed by atoms with Crippen LogP contribution in [0, 0.1) is 10.1 Å². The minimum absolute atomic E-state index is 0.149. The van der Waals surface area contributed by atoms with Gasteiger partial charge >= 0.3 is 6.18 Å². The van der Waals surface area contributed by atoms with E-state index in [0.717, 1.165) is 18.6 Å². The molecule has 0 aliphatic carbocycles. The van der Waals surface area contributed by atoms with Crippen molar-refractivity contribution in [3.05, 3.63) is 63.7 Å². The maximum absolute atomic E-state index is 12.6. The number of nitro benzene ring substituents is 1. The van der Waals surface area contributed by atoms with Gasteiger partial charge in [-0.1, -0.05) is 12.1 Å². The zero-order valence-electron chi connectivity index (χ0n) is 13.7. The monoisotopic (exact) mass is 368 g/mol. The molecule has 0 saturated heterocycles. The van der Waals surface area contributed by atoms with E-state index in [0.29, 0.717) is 6.61 Å². The first-order chi connectivity index (χ1) is 12.3. The van der Waals surface area contributed by atoms with Crippen molar-refractivity contribution in [2.75, 3.05) is 6.61 Å². The molecule has 138 valence electrons. The fourth-order valence-electron chi connectivity index (χ4n) is 1.95. The first-order valence-electron chi connectivity index (χ1n) is 7.60. The zero-order chi connectivity index (χ0) is 19.2. The SMILES string of the molecule is CCCON=Cc1cc(Oc2ccc(C(F)(F)F)cc2)ccc1[N+](=O)[O-]. The molecule has 6 nitrogen and oxygen atoms in total. The molecule has 0 bridgehead atoms. The maximum atomic E-state index is 12.6. The normalized spacial score (nSPS) is 11.5. The first-order valence-corrected chi connectivity index (χ1v) is 7.60. The third-order valence-corrected chi connectivity index (χ3v) is 3.17. The second kappa shape index (κ2) is 8.32. The van der Waals surface area contributed by atoms with Crippen LogP contribution in [0.25, 0.3) is 0 Å². The molecule has 0 fully saturated rings. The molecule has 0 amide bonds. The summed E-state index contributed by atoms with van der Waals surface area (Å²) in [5.74, 6) is 0.379. The number of hydrogen-bond acceptors (Lipinski definition) is 5. The van der Waals surface area contributed by atoms with Gasteiger partial charge in [0, 0.05) is 6.07 Å². The van der Waals surface area contributed by atoms with Crippen molar-refractivity contribution in [2.45, 2.75) is 19.5 Å². The van der Waals surface area contributed by atoms with Crippen LogP contribution in [-0.4, -0.2) is 17.7 Å². The van der Waals surface area contributed by atoms with Crippen LogP contribution in [0.5, 0.6) is 11.5 Å². The number of oxime groups is 1. The third-order valence-electron chi connectivity index (χ3n) is 3.17. The highest BCUT2D eigenvalue weighted by Gasteiger charge is 2.30. The maximum Gasteiger partial charge on any atom is 0.416 e. The van der Waals surface area contributed by atoms with E-state index in [1.165, 1.54) is 36.5 Å². The minimum Gasteiger partial charge on any atom is -0.457 e. The van der Waals surface area contributed by atoms with Crippen LogP contribution in [0.2, 0.25) is 0 Å². The van der Waals surface area contributed by atoms with Crippen LogP contribution in [0.3, 0.4) is 0 Å². The van der Waals surface area contributed by atoms with Crippen molar-refractivity contribution in [1.29, 1.82) is 0 Å². The molecule has 2 aromatic rings. The van der Waals surface area contributed by atoms with Gasteiger partial charge in [0.05, 0.1) is 22.3 Å². The van der Waals surface area contributed by atoms with Gasteiger partial charge in [-0.15, -0.1) is 0 Å². The van der Waals surface area contributed by atoms with Crippen molar-refractivity contribution in [3.63, 3.8) is 0 Å². The van der Waals surface area contributed by atoms with E-state index >= 15 is 0 Å². The van der Waals surface area contributed by atoms with Gasteiger partial charge in [0.25, 0.3) is 5.69 Å². The van der Waals surface area contributed by atoms with Gasteiger partial charge in [0.15, 0.2) is 0 Å². The minimum atomic E-state index is -4.44. The first kappa shape index (κ1) is 19.2. The van der Waals surface area contributed by atoms with E-state index in [1.54, 1.807) is 0 Å². The van der Waals surface area contributed by atoms with E-state index in [9.17, 15) is 23.3 Å². The third kappa shape index (κ3) is 5.20. The van der Waals surface area contributed by atoms with Crippen molar-refractivity contribution in [1.82, 2.24) is 0 Å². The summed E-state index contributed by atoms with van der Waals surface area (Å²) in [6.45, 7) is 2.25. The molecule has 0 N–H and O–H groups in total. The number of rotatable bonds is 7. The summed E-state index contributed by atoms with van der Waals surface area (Å²) in [5, 5.41) is 14.7. The second-order valence-electron chi connectivity index (χ2n) is 5.17. The van der Waals surface area contributed by atoms with E-state index in [1.807, 2.05) is 6.92 Å². The Kier molecular flexibility index (Phi) is 6.16. The van der Waals surface area contributed by atoms with Gasteiger partial charge in [-0.05, 0) is 42.8 Å². The van der Waals surface area contributed by atoms with Gasteiger partial charge in [-0.25, -0.2) is 0 Å². The molecule has 0 aliphatic rings. The standard InChI is InChI=1S/C17H15F3N2O4/c1-2-9-25-21-11-12-10-15(7-8-16(12)22(23)24)26-14-5-3-13(4-6-14)17(18,19)20/h3-8,10-11H,2,9H2,1H3. The fraction of sp³-hybridized carbons (Fsp3) is 0.235. The summed E-state index contributed by atoms with van der Waals surface area (Å²) in [6, 6.07) is 8.04. The number of alkyl halides is 3. The highest BCUT2D eigenvalue weighted by Crippen LogP contribution is 2.32. The topological polar surface area (TPSA) is 74.0 Å². The molecule has 2 rings (SSSR count). The smallest absolute Gasteiger partial charge is 0.416 e. The number of ether oxygens (including phenoxy) is 1. The van der Waals surface area contributed by atoms with Crippen molar-refractivity contribution >= 4 is 11.9 Å². The van der Waals surface area contributed by atoms with Gasteiger partial charge < -0.3 is 9.57 Å². The molecule has 0 atom stereocenters. The molecule has 0 unspecified atom stereocenters. The molecule has 0 saturated carbocycles. The zero-order valence-corrected chi connectivity index (χ0v) is 13.7. The predicted molar refractivity (Wildman–Crippen MR) is 88.5 cm³/mol. The van der Waals surface area contributed by atoms with Gasteiger partial charge in [0.2, 0.25) is 0 Å². The molecular formula is C17H15F3N2O4. The Bertz CT molecular complexity index is 790. The number of benzene rings is 2. The Balaban J connectivity index is 2.21. The van der Waals surface area contributed by atoms with Crippen molar-refractivity contribution < 1.29 is 27.7 Å². The lowest BCUT2D eigenvalue weighted by atomic mass is 10.2. The number of nitro groups is 1. The lowest BCUT2D eigenvalue weighted by Crippen LogP contribution is -2.04. The van der Waals surface area contributed by atoms with Crippen LogP contribution in [0.1, 0.15) is 24.5 Å². The molecule has 0 aliphatic heterocycles. The van der Waals surface area contributed by atoms with Crippen LogP contribution < -0.4 is 4.74 Å². The van der Waals surface area contributed by atoms with Gasteiger partial charge in [-0.3, -0.25) is 10.1 Å². The van der Waals surface area contributed by atoms with E-state index in [4.69, 9.17) is 9.57 Å². The number of nitrogens with zero attached hydrogens (tertiary/aromatic N) is 2. The predicted octanol–water partition coefficient (Wildman–Crippen LogP) is 5.17. The molecular weight excluding hydrogens is 353 g/mol. The molecule has 0 spiro atoms. The van der Waals surface area contributed by atoms with Crippen molar-refractivity contribution in [3.8, 4) is 11.5 Å². The van der Waals surface area contributed by atoms with Gasteiger partial charge in [-0.2, -0.15) is 13.2 Å². The Hall–Kier alpha value is -3.10. The van der Waals surface area contributed by atoms with Crippen LogP contribution in [0.15, 0.2) is 47.6 Å². The molecule has 0 aromatic heterocycles. The molecule has 0 heterocycles. The quantitative estimate of drug-likeness (QED) is 0.293. The highest BCUT2D eigenvalue weighted by atomic mass is 19.4. The summed E-state index contributed by atoms with van der Waals surface area (Å²) >= 11 is 0. The summed E-state index contributed by atoms with van der Waals surface area (Å²) in [6.07, 6.45) is -2.52. The fourth-order valence-corrected chi connectivity index (χ4v) is 1.95. The van der Waals surface area contributed by atoms with E-state index in [2.05, 4.69) is 5.16 Å². The van der Waals surface area contributed by atoms with Crippen LogP contribution in [-0.2, 0) is 11.0 Å². The Labute approximate surface area is 147 Å². The highest BCUT2D eigenvalue weighted by molar-refractivity contribution is 5.85. The summed E-state index contributed by atoms with van der Waals surface area (Å²) in [5.41, 5.74) is -0.849. The average molecular weight is 368 g/mol. The van der Waals surface area contributed by atoms with Crippen LogP contribution >= 0.6 is 0 Å². The molecule has 9 heteroatoms. The molecule has 2 aromatic carbocycles. The lowest BCUT2D eigenvalue weighted by molar-refractivity contribution is -0.385. The van der Waals surface area contributed by atoms with E-state index < -0.39 is 16.7 Å². The average Bonchev–Trinajstić information content (AvgIpc) is 2.58. The van der Waals surface area contributed by atoms with E-state index in [-0.39, 0.29) is 22.7 Å². The Morgan fingerprint density at radius 1 is 1.15 bits per heavy atom. The number of hydrogen-bond donors (Lipinski definition) is 0. The van der Waals surface area contributed by atoms with Crippen LogP contribution in [0.4, 0.5) is 18.9 Å². The van der Waals surface area contributed by atoms with Crippen molar-refractivity contribution in [2.24, 2.45) is 5.16 Å². The number of halogens is 3. The summed E-state index contributed by atoms with van der Waals surface area (Å²) in [7, 11) is 0. The Morgan fingerprint density at radius 2 is 1.81 bits per heavy atom. The Morgan fingerprint density at radius 3 is 2.38 bits per heavy atom. The summed E-state index contributed by atoms with van der Waals surface area (Å²) < 4.78 is 43.1. The second-order valence-corrected chi connectivity index (χ2v) is 5.17. The molecule has 0 radical (unpaired) electrons. The largest absolute Gasteiger partial charge is 0.457 e. The molecule has 26 heavy (non-hydrogen) atoms.